The van der Waals surface area contributed by atoms with E-state index in [0.29, 0.717) is 12.3 Å². The SMILES string of the molecule is Cc1cc(C)n([C@@H](CNC(=O)/C=C/c2ccco2)c2ccco2)n1. The van der Waals surface area contributed by atoms with Gasteiger partial charge < -0.3 is 14.2 Å². The van der Waals surface area contributed by atoms with Gasteiger partial charge in [0, 0.05) is 18.3 Å². The molecule has 0 aliphatic heterocycles. The number of amides is 1. The van der Waals surface area contributed by atoms with Gasteiger partial charge in [0.05, 0.1) is 18.2 Å². The number of furan rings is 2. The monoisotopic (exact) mass is 325 g/mol. The molecule has 0 radical (unpaired) electrons. The minimum atomic E-state index is -0.204. The molecule has 0 bridgehead atoms. The van der Waals surface area contributed by atoms with Crippen LogP contribution in [0.25, 0.3) is 6.08 Å². The van der Waals surface area contributed by atoms with E-state index in [1.165, 1.54) is 6.08 Å². The molecule has 0 fully saturated rings. The van der Waals surface area contributed by atoms with Crippen LogP contribution in [0.15, 0.2) is 57.8 Å². The molecule has 1 amide bonds. The molecule has 0 aromatic carbocycles. The van der Waals surface area contributed by atoms with Crippen molar-refractivity contribution in [1.29, 1.82) is 0 Å². The Labute approximate surface area is 139 Å². The molecule has 1 atom stereocenters. The van der Waals surface area contributed by atoms with E-state index in [2.05, 4.69) is 10.4 Å². The number of aromatic nitrogens is 2. The van der Waals surface area contributed by atoms with Crippen LogP contribution in [-0.2, 0) is 4.79 Å². The largest absolute Gasteiger partial charge is 0.467 e. The smallest absolute Gasteiger partial charge is 0.244 e. The fraction of sp³-hybridized carbons (Fsp3) is 0.222. The first-order valence-corrected chi connectivity index (χ1v) is 7.69. The summed E-state index contributed by atoms with van der Waals surface area (Å²) < 4.78 is 12.5. The Bertz CT molecular complexity index is 814. The summed E-state index contributed by atoms with van der Waals surface area (Å²) in [6.45, 7) is 4.29. The molecule has 0 aliphatic rings. The topological polar surface area (TPSA) is 73.2 Å². The Morgan fingerprint density at radius 3 is 2.71 bits per heavy atom. The standard InChI is InChI=1S/C18H19N3O3/c1-13-11-14(2)21(20-13)16(17-6-4-10-24-17)12-19-18(22)8-7-15-5-3-9-23-15/h3-11,16H,12H2,1-2H3,(H,19,22)/b8-7+/t16-/m0/s1. The molecule has 3 aromatic heterocycles. The number of carbonyl (C=O) groups is 1. The predicted molar refractivity (Wildman–Crippen MR) is 89.3 cm³/mol. The van der Waals surface area contributed by atoms with E-state index >= 15 is 0 Å². The van der Waals surface area contributed by atoms with Crippen LogP contribution in [0.5, 0.6) is 0 Å². The quantitative estimate of drug-likeness (QED) is 0.707. The van der Waals surface area contributed by atoms with Crippen molar-refractivity contribution in [2.75, 3.05) is 6.54 Å². The van der Waals surface area contributed by atoms with Gasteiger partial charge >= 0.3 is 0 Å². The fourth-order valence-corrected chi connectivity index (χ4v) is 2.55. The van der Waals surface area contributed by atoms with Crippen LogP contribution >= 0.6 is 0 Å². The zero-order valence-corrected chi connectivity index (χ0v) is 13.6. The average molecular weight is 325 g/mol. The van der Waals surface area contributed by atoms with Gasteiger partial charge in [-0.05, 0) is 50.3 Å². The molecule has 3 rings (SSSR count). The maximum Gasteiger partial charge on any atom is 0.244 e. The highest BCUT2D eigenvalue weighted by atomic mass is 16.3. The molecular formula is C18H19N3O3. The minimum absolute atomic E-state index is 0.199. The van der Waals surface area contributed by atoms with Gasteiger partial charge in [-0.15, -0.1) is 0 Å². The van der Waals surface area contributed by atoms with Crippen molar-refractivity contribution in [2.45, 2.75) is 19.9 Å². The molecule has 0 spiro atoms. The minimum Gasteiger partial charge on any atom is -0.467 e. The molecule has 1 N–H and O–H groups in total. The van der Waals surface area contributed by atoms with Crippen LogP contribution in [0.4, 0.5) is 0 Å². The van der Waals surface area contributed by atoms with Crippen molar-refractivity contribution in [2.24, 2.45) is 0 Å². The molecule has 6 heteroatoms. The summed E-state index contributed by atoms with van der Waals surface area (Å²) in [6.07, 6.45) is 6.25. The third-order valence-electron chi connectivity index (χ3n) is 3.62. The van der Waals surface area contributed by atoms with Gasteiger partial charge in [-0.3, -0.25) is 9.48 Å². The van der Waals surface area contributed by atoms with Crippen molar-refractivity contribution in [3.05, 3.63) is 71.8 Å². The van der Waals surface area contributed by atoms with Crippen molar-refractivity contribution in [3.8, 4) is 0 Å². The third kappa shape index (κ3) is 3.65. The molecule has 3 heterocycles. The summed E-state index contributed by atoms with van der Waals surface area (Å²) in [7, 11) is 0. The van der Waals surface area contributed by atoms with Crippen LogP contribution in [0.1, 0.15) is 29.0 Å². The van der Waals surface area contributed by atoms with E-state index in [9.17, 15) is 4.79 Å². The molecule has 24 heavy (non-hydrogen) atoms. The van der Waals surface area contributed by atoms with E-state index in [1.807, 2.05) is 36.7 Å². The normalized spacial score (nSPS) is 12.6. The highest BCUT2D eigenvalue weighted by Crippen LogP contribution is 2.20. The van der Waals surface area contributed by atoms with Crippen molar-refractivity contribution >= 4 is 12.0 Å². The van der Waals surface area contributed by atoms with Gasteiger partial charge in [0.2, 0.25) is 5.91 Å². The first-order chi connectivity index (χ1) is 11.6. The second-order valence-electron chi connectivity index (χ2n) is 5.50. The third-order valence-corrected chi connectivity index (χ3v) is 3.62. The van der Waals surface area contributed by atoms with E-state index in [0.717, 1.165) is 17.1 Å². The Morgan fingerprint density at radius 2 is 2.08 bits per heavy atom. The lowest BCUT2D eigenvalue weighted by atomic mass is 10.2. The Balaban J connectivity index is 1.71. The Hall–Kier alpha value is -3.02. The van der Waals surface area contributed by atoms with E-state index in [4.69, 9.17) is 8.83 Å². The zero-order valence-electron chi connectivity index (χ0n) is 13.6. The highest BCUT2D eigenvalue weighted by Gasteiger charge is 2.20. The molecular weight excluding hydrogens is 306 g/mol. The lowest BCUT2D eigenvalue weighted by Gasteiger charge is -2.17. The van der Waals surface area contributed by atoms with Crippen molar-refractivity contribution in [1.82, 2.24) is 15.1 Å². The predicted octanol–water partition coefficient (Wildman–Crippen LogP) is 3.10. The summed E-state index contributed by atoms with van der Waals surface area (Å²) in [4.78, 5) is 12.0. The van der Waals surface area contributed by atoms with Crippen molar-refractivity contribution in [3.63, 3.8) is 0 Å². The van der Waals surface area contributed by atoms with E-state index < -0.39 is 0 Å². The van der Waals surface area contributed by atoms with Crippen LogP contribution in [-0.4, -0.2) is 22.2 Å². The fourth-order valence-electron chi connectivity index (χ4n) is 2.55. The Kier molecular flexibility index (Phi) is 4.65. The molecule has 124 valence electrons. The summed E-state index contributed by atoms with van der Waals surface area (Å²) in [5, 5.41) is 7.38. The lowest BCUT2D eigenvalue weighted by molar-refractivity contribution is -0.116. The van der Waals surface area contributed by atoms with Gasteiger partial charge in [-0.1, -0.05) is 0 Å². The lowest BCUT2D eigenvalue weighted by Crippen LogP contribution is -2.31. The van der Waals surface area contributed by atoms with Gasteiger partial charge in [-0.2, -0.15) is 5.10 Å². The van der Waals surface area contributed by atoms with Gasteiger partial charge in [0.1, 0.15) is 17.6 Å². The number of carbonyl (C=O) groups excluding carboxylic acids is 1. The van der Waals surface area contributed by atoms with Crippen LogP contribution in [0.3, 0.4) is 0 Å². The molecule has 0 saturated carbocycles. The maximum atomic E-state index is 12.0. The van der Waals surface area contributed by atoms with Gasteiger partial charge in [-0.25, -0.2) is 0 Å². The van der Waals surface area contributed by atoms with Crippen molar-refractivity contribution < 1.29 is 13.6 Å². The summed E-state index contributed by atoms with van der Waals surface area (Å²) in [5.74, 6) is 1.17. The number of hydrogen-bond donors (Lipinski definition) is 1. The molecule has 6 nitrogen and oxygen atoms in total. The highest BCUT2D eigenvalue weighted by molar-refractivity contribution is 5.91. The van der Waals surface area contributed by atoms with Crippen LogP contribution in [0, 0.1) is 13.8 Å². The zero-order chi connectivity index (χ0) is 16.9. The first-order valence-electron chi connectivity index (χ1n) is 7.69. The second-order valence-corrected chi connectivity index (χ2v) is 5.50. The van der Waals surface area contributed by atoms with Crippen LogP contribution < -0.4 is 5.32 Å². The number of rotatable bonds is 6. The van der Waals surface area contributed by atoms with Crippen LogP contribution in [0.2, 0.25) is 0 Å². The molecule has 0 unspecified atom stereocenters. The molecule has 3 aromatic rings. The van der Waals surface area contributed by atoms with E-state index in [-0.39, 0.29) is 11.9 Å². The van der Waals surface area contributed by atoms with Gasteiger partial charge in [0.15, 0.2) is 0 Å². The molecule has 0 aliphatic carbocycles. The van der Waals surface area contributed by atoms with E-state index in [1.54, 1.807) is 30.7 Å². The number of hydrogen-bond acceptors (Lipinski definition) is 4. The Morgan fingerprint density at radius 1 is 1.29 bits per heavy atom. The first kappa shape index (κ1) is 15.9. The summed E-state index contributed by atoms with van der Waals surface area (Å²) in [5.41, 5.74) is 1.93. The number of aryl methyl sites for hydroxylation is 2. The maximum absolute atomic E-state index is 12.0. The number of nitrogens with zero attached hydrogens (tertiary/aromatic N) is 2. The van der Waals surface area contributed by atoms with Gasteiger partial charge in [0.25, 0.3) is 0 Å². The number of nitrogens with one attached hydrogen (secondary N) is 1. The summed E-state index contributed by atoms with van der Waals surface area (Å²) in [6, 6.07) is 9.06. The summed E-state index contributed by atoms with van der Waals surface area (Å²) >= 11 is 0. The molecule has 0 saturated heterocycles. The average Bonchev–Trinajstić information content (AvgIpc) is 3.29. The second kappa shape index (κ2) is 7.04.